The van der Waals surface area contributed by atoms with Crippen molar-refractivity contribution in [1.29, 1.82) is 0 Å². The lowest BCUT2D eigenvalue weighted by molar-refractivity contribution is -0.117. The minimum atomic E-state index is -0.394. The number of rotatable bonds is 8. The normalized spacial score (nSPS) is 16.8. The van der Waals surface area contributed by atoms with Gasteiger partial charge in [0.1, 0.15) is 5.75 Å². The van der Waals surface area contributed by atoms with E-state index in [1.807, 2.05) is 31.2 Å². The van der Waals surface area contributed by atoms with Crippen LogP contribution in [0.5, 0.6) is 5.75 Å². The molecular formula is C17H25N3O5. The van der Waals surface area contributed by atoms with Crippen molar-refractivity contribution in [3.63, 3.8) is 0 Å². The summed E-state index contributed by atoms with van der Waals surface area (Å²) in [6.45, 7) is 2.76. The van der Waals surface area contributed by atoms with Crippen LogP contribution in [0.4, 0.5) is 10.5 Å². The molecular weight excluding hydrogens is 326 g/mol. The maximum Gasteiger partial charge on any atom is 0.317 e. The summed E-state index contributed by atoms with van der Waals surface area (Å²) in [6, 6.07) is 6.54. The molecule has 1 atom stereocenters. The van der Waals surface area contributed by atoms with Gasteiger partial charge in [-0.05, 0) is 31.2 Å². The molecule has 0 aromatic heterocycles. The molecule has 138 valence electrons. The van der Waals surface area contributed by atoms with E-state index in [0.29, 0.717) is 13.2 Å². The van der Waals surface area contributed by atoms with Gasteiger partial charge in [-0.2, -0.15) is 0 Å². The van der Waals surface area contributed by atoms with Gasteiger partial charge in [-0.15, -0.1) is 0 Å². The van der Waals surface area contributed by atoms with Crippen molar-refractivity contribution in [2.24, 2.45) is 0 Å². The van der Waals surface area contributed by atoms with E-state index in [2.05, 4.69) is 5.32 Å². The molecule has 0 aliphatic carbocycles. The van der Waals surface area contributed by atoms with Gasteiger partial charge in [-0.1, -0.05) is 0 Å². The maximum absolute atomic E-state index is 12.2. The van der Waals surface area contributed by atoms with E-state index in [9.17, 15) is 9.59 Å². The van der Waals surface area contributed by atoms with Gasteiger partial charge in [0.05, 0.1) is 25.9 Å². The summed E-state index contributed by atoms with van der Waals surface area (Å²) in [4.78, 5) is 27.4. The average Bonchev–Trinajstić information content (AvgIpc) is 2.96. The Labute approximate surface area is 147 Å². The third-order valence-corrected chi connectivity index (χ3v) is 3.94. The fraction of sp³-hybridized carbons (Fsp3) is 0.529. The van der Waals surface area contributed by atoms with E-state index in [1.165, 1.54) is 4.90 Å². The van der Waals surface area contributed by atoms with Crippen LogP contribution in [0, 0.1) is 0 Å². The van der Waals surface area contributed by atoms with Gasteiger partial charge in [0.25, 0.3) is 0 Å². The highest BCUT2D eigenvalue weighted by molar-refractivity contribution is 5.96. The van der Waals surface area contributed by atoms with Crippen molar-refractivity contribution in [1.82, 2.24) is 10.2 Å². The lowest BCUT2D eigenvalue weighted by Gasteiger charge is -2.23. The van der Waals surface area contributed by atoms with Crippen LogP contribution in [-0.2, 0) is 4.79 Å². The van der Waals surface area contributed by atoms with E-state index < -0.39 is 6.03 Å². The van der Waals surface area contributed by atoms with Crippen LogP contribution in [-0.4, -0.2) is 72.5 Å². The van der Waals surface area contributed by atoms with Crippen LogP contribution < -0.4 is 15.0 Å². The highest BCUT2D eigenvalue weighted by Crippen LogP contribution is 2.24. The number of anilines is 1. The Hall–Kier alpha value is -2.32. The van der Waals surface area contributed by atoms with Gasteiger partial charge >= 0.3 is 6.03 Å². The van der Waals surface area contributed by atoms with Gasteiger partial charge in [-0.3, -0.25) is 4.79 Å². The van der Waals surface area contributed by atoms with Gasteiger partial charge in [0, 0.05) is 31.7 Å². The number of ether oxygens (including phenoxy) is 1. The number of carbonyl (C=O) groups is 2. The summed E-state index contributed by atoms with van der Waals surface area (Å²) >= 11 is 0. The number of aliphatic hydroxyl groups is 2. The first-order valence-corrected chi connectivity index (χ1v) is 8.39. The van der Waals surface area contributed by atoms with Crippen molar-refractivity contribution < 1.29 is 24.5 Å². The number of aliphatic hydroxyl groups excluding tert-OH is 2. The average molecular weight is 351 g/mol. The second-order valence-electron chi connectivity index (χ2n) is 5.72. The summed E-state index contributed by atoms with van der Waals surface area (Å²) in [7, 11) is 0. The third kappa shape index (κ3) is 5.07. The van der Waals surface area contributed by atoms with E-state index in [1.54, 1.807) is 4.90 Å². The van der Waals surface area contributed by atoms with Crippen molar-refractivity contribution in [2.75, 3.05) is 44.4 Å². The first-order chi connectivity index (χ1) is 12.1. The van der Waals surface area contributed by atoms with Crippen molar-refractivity contribution in [3.8, 4) is 5.75 Å². The zero-order valence-corrected chi connectivity index (χ0v) is 14.4. The van der Waals surface area contributed by atoms with E-state index >= 15 is 0 Å². The molecule has 1 aromatic rings. The van der Waals surface area contributed by atoms with Crippen molar-refractivity contribution in [3.05, 3.63) is 24.3 Å². The Morgan fingerprint density at radius 3 is 2.48 bits per heavy atom. The Morgan fingerprint density at radius 2 is 1.92 bits per heavy atom. The fourth-order valence-corrected chi connectivity index (χ4v) is 2.77. The number of benzene rings is 1. The Kier molecular flexibility index (Phi) is 7.03. The summed E-state index contributed by atoms with van der Waals surface area (Å²) < 4.78 is 5.39. The standard InChI is InChI=1S/C17H25N3O5/c1-2-25-15-5-3-14(4-6-15)20-12-13(11-16(20)23)18-17(24)19(7-9-21)8-10-22/h3-6,13,21-22H,2,7-12H2,1H3,(H,18,24). The van der Waals surface area contributed by atoms with Gasteiger partial charge in [-0.25, -0.2) is 4.79 Å². The van der Waals surface area contributed by atoms with Crippen molar-refractivity contribution >= 4 is 17.6 Å². The molecule has 0 saturated carbocycles. The second kappa shape index (κ2) is 9.24. The van der Waals surface area contributed by atoms with E-state index in [4.69, 9.17) is 14.9 Å². The molecule has 1 aliphatic heterocycles. The molecule has 1 unspecified atom stereocenters. The predicted octanol–water partition coefficient (Wildman–Crippen LogP) is 0.187. The fourth-order valence-electron chi connectivity index (χ4n) is 2.77. The molecule has 2 rings (SSSR count). The Morgan fingerprint density at radius 1 is 1.28 bits per heavy atom. The molecule has 3 amide bonds. The first kappa shape index (κ1) is 19.0. The number of carbonyl (C=O) groups excluding carboxylic acids is 2. The Balaban J connectivity index is 1.96. The molecule has 1 saturated heterocycles. The molecule has 0 spiro atoms. The van der Waals surface area contributed by atoms with Gasteiger partial charge in [0.2, 0.25) is 5.91 Å². The van der Waals surface area contributed by atoms with Crippen LogP contribution in [0.15, 0.2) is 24.3 Å². The first-order valence-electron chi connectivity index (χ1n) is 8.39. The van der Waals surface area contributed by atoms with E-state index in [-0.39, 0.29) is 44.7 Å². The zero-order chi connectivity index (χ0) is 18.2. The smallest absolute Gasteiger partial charge is 0.317 e. The van der Waals surface area contributed by atoms with E-state index in [0.717, 1.165) is 11.4 Å². The highest BCUT2D eigenvalue weighted by Gasteiger charge is 2.32. The summed E-state index contributed by atoms with van der Waals surface area (Å²) in [5, 5.41) is 20.8. The molecule has 1 fully saturated rings. The van der Waals surface area contributed by atoms with Crippen LogP contribution in [0.3, 0.4) is 0 Å². The topological polar surface area (TPSA) is 102 Å². The van der Waals surface area contributed by atoms with Crippen LogP contribution >= 0.6 is 0 Å². The molecule has 0 radical (unpaired) electrons. The van der Waals surface area contributed by atoms with Crippen LogP contribution in [0.2, 0.25) is 0 Å². The molecule has 8 heteroatoms. The van der Waals surface area contributed by atoms with Gasteiger partial charge in [0.15, 0.2) is 0 Å². The lowest BCUT2D eigenvalue weighted by Crippen LogP contribution is -2.47. The second-order valence-corrected chi connectivity index (χ2v) is 5.72. The Bertz CT molecular complexity index is 572. The van der Waals surface area contributed by atoms with Crippen LogP contribution in [0.1, 0.15) is 13.3 Å². The summed E-state index contributed by atoms with van der Waals surface area (Å²) in [5.74, 6) is 0.678. The highest BCUT2D eigenvalue weighted by atomic mass is 16.5. The molecule has 25 heavy (non-hydrogen) atoms. The maximum atomic E-state index is 12.2. The quantitative estimate of drug-likeness (QED) is 0.620. The molecule has 3 N–H and O–H groups in total. The minimum Gasteiger partial charge on any atom is -0.494 e. The number of amides is 3. The van der Waals surface area contributed by atoms with Gasteiger partial charge < -0.3 is 30.1 Å². The van der Waals surface area contributed by atoms with Crippen molar-refractivity contribution in [2.45, 2.75) is 19.4 Å². The zero-order valence-electron chi connectivity index (χ0n) is 14.4. The molecule has 1 aliphatic rings. The minimum absolute atomic E-state index is 0.0645. The number of urea groups is 1. The van der Waals surface area contributed by atoms with Crippen LogP contribution in [0.25, 0.3) is 0 Å². The number of hydrogen-bond acceptors (Lipinski definition) is 5. The number of nitrogens with zero attached hydrogens (tertiary/aromatic N) is 2. The SMILES string of the molecule is CCOc1ccc(N2CC(NC(=O)N(CCO)CCO)CC2=O)cc1. The third-order valence-electron chi connectivity index (χ3n) is 3.94. The molecule has 1 heterocycles. The molecule has 1 aromatic carbocycles. The summed E-state index contributed by atoms with van der Waals surface area (Å²) in [5.41, 5.74) is 0.757. The number of hydrogen-bond donors (Lipinski definition) is 3. The summed E-state index contributed by atoms with van der Waals surface area (Å²) in [6.07, 6.45) is 0.213. The molecule has 8 nitrogen and oxygen atoms in total. The number of nitrogens with one attached hydrogen (secondary N) is 1. The largest absolute Gasteiger partial charge is 0.494 e. The monoisotopic (exact) mass is 351 g/mol. The lowest BCUT2D eigenvalue weighted by atomic mass is 10.2. The molecule has 0 bridgehead atoms. The predicted molar refractivity (Wildman–Crippen MR) is 92.6 cm³/mol.